The van der Waals surface area contributed by atoms with Gasteiger partial charge in [0.1, 0.15) is 0 Å². The van der Waals surface area contributed by atoms with Gasteiger partial charge in [0.15, 0.2) is 0 Å². The highest BCUT2D eigenvalue weighted by atomic mass is 32.2. The molecule has 1 saturated heterocycles. The SMILES string of the molecule is NCCc1nnc(C2CCCCS2)o1. The molecule has 0 radical (unpaired) electrons. The number of hydrogen-bond donors (Lipinski definition) is 1. The van der Waals surface area contributed by atoms with Crippen LogP contribution < -0.4 is 5.73 Å². The molecule has 2 heterocycles. The zero-order valence-corrected chi connectivity index (χ0v) is 8.92. The molecule has 1 fully saturated rings. The zero-order chi connectivity index (χ0) is 9.80. The standard InChI is InChI=1S/C9H15N3OS/c10-5-4-8-11-12-9(13-8)7-3-1-2-6-14-7/h7H,1-6,10H2. The van der Waals surface area contributed by atoms with Gasteiger partial charge in [-0.05, 0) is 18.6 Å². The lowest BCUT2D eigenvalue weighted by Gasteiger charge is -2.17. The first-order chi connectivity index (χ1) is 6.90. The Kier molecular flexibility index (Phi) is 3.42. The number of rotatable bonds is 3. The van der Waals surface area contributed by atoms with Crippen molar-refractivity contribution in [3.8, 4) is 0 Å². The summed E-state index contributed by atoms with van der Waals surface area (Å²) in [6.45, 7) is 0.569. The number of nitrogens with two attached hydrogens (primary N) is 1. The Morgan fingerprint density at radius 1 is 1.43 bits per heavy atom. The zero-order valence-electron chi connectivity index (χ0n) is 8.11. The average Bonchev–Trinajstić information content (AvgIpc) is 2.68. The normalized spacial score (nSPS) is 22.5. The van der Waals surface area contributed by atoms with Gasteiger partial charge in [-0.1, -0.05) is 6.42 Å². The summed E-state index contributed by atoms with van der Waals surface area (Å²) in [6, 6.07) is 0. The fourth-order valence-electron chi connectivity index (χ4n) is 1.56. The Labute approximate surface area is 87.6 Å². The van der Waals surface area contributed by atoms with Gasteiger partial charge in [0.2, 0.25) is 11.8 Å². The highest BCUT2D eigenvalue weighted by Gasteiger charge is 2.21. The Bertz CT molecular complexity index is 283. The lowest BCUT2D eigenvalue weighted by atomic mass is 10.2. The fraction of sp³-hybridized carbons (Fsp3) is 0.778. The molecule has 1 aromatic rings. The molecule has 0 aromatic carbocycles. The quantitative estimate of drug-likeness (QED) is 0.824. The number of thioether (sulfide) groups is 1. The monoisotopic (exact) mass is 213 g/mol. The first kappa shape index (κ1) is 9.98. The van der Waals surface area contributed by atoms with Crippen LogP contribution in [0, 0.1) is 0 Å². The minimum atomic E-state index is 0.419. The van der Waals surface area contributed by atoms with Gasteiger partial charge in [-0.25, -0.2) is 0 Å². The predicted molar refractivity (Wildman–Crippen MR) is 56.1 cm³/mol. The van der Waals surface area contributed by atoms with E-state index < -0.39 is 0 Å². The Morgan fingerprint density at radius 3 is 3.07 bits per heavy atom. The number of nitrogens with zero attached hydrogens (tertiary/aromatic N) is 2. The second-order valence-corrected chi connectivity index (χ2v) is 4.74. The minimum Gasteiger partial charge on any atom is -0.424 e. The van der Waals surface area contributed by atoms with Crippen molar-refractivity contribution in [1.29, 1.82) is 0 Å². The molecule has 1 aliphatic rings. The average molecular weight is 213 g/mol. The Hall–Kier alpha value is -0.550. The van der Waals surface area contributed by atoms with E-state index in [2.05, 4.69) is 10.2 Å². The predicted octanol–water partition coefficient (Wildman–Crippen LogP) is 1.53. The summed E-state index contributed by atoms with van der Waals surface area (Å²) in [5.74, 6) is 2.67. The molecule has 1 unspecified atom stereocenters. The molecule has 0 spiro atoms. The number of aromatic nitrogens is 2. The van der Waals surface area contributed by atoms with Crippen LogP contribution in [0.15, 0.2) is 4.42 Å². The third-order valence-corrected chi connectivity index (χ3v) is 3.66. The summed E-state index contributed by atoms with van der Waals surface area (Å²) in [5, 5.41) is 8.46. The van der Waals surface area contributed by atoms with Crippen LogP contribution in [-0.2, 0) is 6.42 Å². The van der Waals surface area contributed by atoms with Gasteiger partial charge in [0.25, 0.3) is 0 Å². The molecule has 5 heteroatoms. The second-order valence-electron chi connectivity index (χ2n) is 3.43. The summed E-state index contributed by atoms with van der Waals surface area (Å²) < 4.78 is 5.54. The van der Waals surface area contributed by atoms with E-state index >= 15 is 0 Å². The van der Waals surface area contributed by atoms with Crippen molar-refractivity contribution in [2.75, 3.05) is 12.3 Å². The van der Waals surface area contributed by atoms with Crippen LogP contribution in [0.1, 0.15) is 36.3 Å². The Balaban J connectivity index is 2.00. The summed E-state index contributed by atoms with van der Waals surface area (Å²) in [6.07, 6.45) is 4.43. The van der Waals surface area contributed by atoms with E-state index in [1.54, 1.807) is 0 Å². The molecule has 0 bridgehead atoms. The van der Waals surface area contributed by atoms with E-state index in [1.807, 2.05) is 11.8 Å². The van der Waals surface area contributed by atoms with Crippen LogP contribution in [0.3, 0.4) is 0 Å². The van der Waals surface area contributed by atoms with Gasteiger partial charge < -0.3 is 10.2 Å². The van der Waals surface area contributed by atoms with Gasteiger partial charge in [-0.15, -0.1) is 22.0 Å². The molecular formula is C9H15N3OS. The lowest BCUT2D eigenvalue weighted by Crippen LogP contribution is -2.03. The molecule has 0 saturated carbocycles. The molecule has 0 amide bonds. The molecule has 1 atom stereocenters. The highest BCUT2D eigenvalue weighted by Crippen LogP contribution is 2.37. The van der Waals surface area contributed by atoms with Crippen molar-refractivity contribution in [2.45, 2.75) is 30.9 Å². The van der Waals surface area contributed by atoms with Gasteiger partial charge in [0.05, 0.1) is 5.25 Å². The van der Waals surface area contributed by atoms with E-state index in [0.29, 0.717) is 24.1 Å². The first-order valence-electron chi connectivity index (χ1n) is 5.04. The fourth-order valence-corrected chi connectivity index (χ4v) is 2.78. The van der Waals surface area contributed by atoms with Crippen molar-refractivity contribution in [3.05, 3.63) is 11.8 Å². The van der Waals surface area contributed by atoms with Crippen molar-refractivity contribution in [3.63, 3.8) is 0 Å². The summed E-state index contributed by atoms with van der Waals surface area (Å²) in [4.78, 5) is 0. The van der Waals surface area contributed by atoms with Crippen LogP contribution in [0.4, 0.5) is 0 Å². The maximum absolute atomic E-state index is 5.54. The molecule has 2 rings (SSSR count). The van der Waals surface area contributed by atoms with Crippen molar-refractivity contribution in [2.24, 2.45) is 5.73 Å². The first-order valence-corrected chi connectivity index (χ1v) is 6.09. The largest absolute Gasteiger partial charge is 0.424 e. The van der Waals surface area contributed by atoms with Crippen molar-refractivity contribution >= 4 is 11.8 Å². The van der Waals surface area contributed by atoms with E-state index in [1.165, 1.54) is 18.6 Å². The highest BCUT2D eigenvalue weighted by molar-refractivity contribution is 7.99. The molecule has 78 valence electrons. The molecule has 1 aliphatic heterocycles. The van der Waals surface area contributed by atoms with Crippen LogP contribution >= 0.6 is 11.8 Å². The summed E-state index contributed by atoms with van der Waals surface area (Å²) in [5.41, 5.74) is 5.42. The summed E-state index contributed by atoms with van der Waals surface area (Å²) >= 11 is 1.92. The lowest BCUT2D eigenvalue weighted by molar-refractivity contribution is 0.436. The maximum atomic E-state index is 5.54. The smallest absolute Gasteiger partial charge is 0.229 e. The Morgan fingerprint density at radius 2 is 2.36 bits per heavy atom. The van der Waals surface area contributed by atoms with Crippen molar-refractivity contribution < 1.29 is 4.42 Å². The second kappa shape index (κ2) is 4.79. The van der Waals surface area contributed by atoms with E-state index in [0.717, 1.165) is 12.3 Å². The molecule has 14 heavy (non-hydrogen) atoms. The van der Waals surface area contributed by atoms with E-state index in [4.69, 9.17) is 10.2 Å². The van der Waals surface area contributed by atoms with Crippen molar-refractivity contribution in [1.82, 2.24) is 10.2 Å². The van der Waals surface area contributed by atoms with Gasteiger partial charge in [-0.2, -0.15) is 0 Å². The third kappa shape index (κ3) is 2.27. The van der Waals surface area contributed by atoms with Gasteiger partial charge >= 0.3 is 0 Å². The molecule has 0 aliphatic carbocycles. The molecular weight excluding hydrogens is 198 g/mol. The third-order valence-electron chi connectivity index (χ3n) is 2.30. The van der Waals surface area contributed by atoms with Crippen LogP contribution in [0.5, 0.6) is 0 Å². The number of hydrogen-bond acceptors (Lipinski definition) is 5. The molecule has 1 aromatic heterocycles. The van der Waals surface area contributed by atoms with Crippen LogP contribution in [-0.4, -0.2) is 22.5 Å². The van der Waals surface area contributed by atoms with Crippen LogP contribution in [0.2, 0.25) is 0 Å². The van der Waals surface area contributed by atoms with E-state index in [9.17, 15) is 0 Å². The van der Waals surface area contributed by atoms with E-state index in [-0.39, 0.29) is 0 Å². The maximum Gasteiger partial charge on any atom is 0.229 e. The molecule has 4 nitrogen and oxygen atoms in total. The van der Waals surface area contributed by atoms with Crippen LogP contribution in [0.25, 0.3) is 0 Å². The summed E-state index contributed by atoms with van der Waals surface area (Å²) in [7, 11) is 0. The van der Waals surface area contributed by atoms with Gasteiger partial charge in [0, 0.05) is 13.0 Å². The topological polar surface area (TPSA) is 64.9 Å². The van der Waals surface area contributed by atoms with Gasteiger partial charge in [-0.3, -0.25) is 0 Å². The minimum absolute atomic E-state index is 0.419. The molecule has 2 N–H and O–H groups in total.